The van der Waals surface area contributed by atoms with E-state index in [1.807, 2.05) is 24.3 Å². The van der Waals surface area contributed by atoms with Gasteiger partial charge in [0.1, 0.15) is 5.75 Å². The lowest BCUT2D eigenvalue weighted by atomic mass is 10.1. The lowest BCUT2D eigenvalue weighted by molar-refractivity contribution is -0.122. The molecule has 1 unspecified atom stereocenters. The average Bonchev–Trinajstić information content (AvgIpc) is 2.92. The van der Waals surface area contributed by atoms with E-state index in [2.05, 4.69) is 21.2 Å². The van der Waals surface area contributed by atoms with Gasteiger partial charge in [0.05, 0.1) is 17.3 Å². The summed E-state index contributed by atoms with van der Waals surface area (Å²) >= 11 is 3.43. The molecule has 1 heterocycles. The third kappa shape index (κ3) is 3.22. The second kappa shape index (κ2) is 6.42. The summed E-state index contributed by atoms with van der Waals surface area (Å²) in [6.45, 7) is 0.320. The first-order valence-corrected chi connectivity index (χ1v) is 7.99. The van der Waals surface area contributed by atoms with Crippen LogP contribution in [-0.4, -0.2) is 23.5 Å². The Hall–Kier alpha value is -2.34. The third-order valence-electron chi connectivity index (χ3n) is 3.80. The summed E-state index contributed by atoms with van der Waals surface area (Å²) < 4.78 is 0.815. The van der Waals surface area contributed by atoms with Crippen LogP contribution in [0.15, 0.2) is 53.0 Å². The predicted molar refractivity (Wildman–Crippen MR) is 91.3 cm³/mol. The molecule has 0 aliphatic carbocycles. The fourth-order valence-corrected chi connectivity index (χ4v) is 3.10. The molecule has 1 saturated heterocycles. The van der Waals surface area contributed by atoms with Gasteiger partial charge in [-0.3, -0.25) is 9.59 Å². The van der Waals surface area contributed by atoms with E-state index in [0.29, 0.717) is 12.2 Å². The van der Waals surface area contributed by atoms with Crippen molar-refractivity contribution in [3.05, 3.63) is 53.0 Å². The summed E-state index contributed by atoms with van der Waals surface area (Å²) in [5.41, 5.74) is 1.11. The first-order chi connectivity index (χ1) is 11.1. The second-order valence-corrected chi connectivity index (χ2v) is 6.22. The van der Waals surface area contributed by atoms with Crippen molar-refractivity contribution >= 4 is 39.1 Å². The van der Waals surface area contributed by atoms with E-state index >= 15 is 0 Å². The highest BCUT2D eigenvalue weighted by molar-refractivity contribution is 9.10. The van der Waals surface area contributed by atoms with Gasteiger partial charge in [0.15, 0.2) is 0 Å². The van der Waals surface area contributed by atoms with E-state index in [0.717, 1.165) is 10.2 Å². The predicted octanol–water partition coefficient (Wildman–Crippen LogP) is 3.15. The number of rotatable bonds is 3. The first kappa shape index (κ1) is 15.6. The molecule has 2 aromatic carbocycles. The van der Waals surface area contributed by atoms with Gasteiger partial charge in [0, 0.05) is 17.4 Å². The number of benzene rings is 2. The molecule has 118 valence electrons. The summed E-state index contributed by atoms with van der Waals surface area (Å²) in [7, 11) is 0. The molecule has 1 aliphatic heterocycles. The zero-order chi connectivity index (χ0) is 16.4. The number of carbonyl (C=O) groups is 2. The van der Waals surface area contributed by atoms with Gasteiger partial charge < -0.3 is 15.3 Å². The van der Waals surface area contributed by atoms with Gasteiger partial charge in [-0.25, -0.2) is 0 Å². The largest absolute Gasteiger partial charge is 0.506 e. The van der Waals surface area contributed by atoms with Crippen molar-refractivity contribution in [2.75, 3.05) is 16.8 Å². The lowest BCUT2D eigenvalue weighted by Gasteiger charge is -2.18. The van der Waals surface area contributed by atoms with Crippen LogP contribution in [0.2, 0.25) is 0 Å². The minimum atomic E-state index is -0.450. The molecule has 5 nitrogen and oxygen atoms in total. The lowest BCUT2D eigenvalue weighted by Crippen LogP contribution is -2.28. The number of amides is 2. The van der Waals surface area contributed by atoms with Crippen LogP contribution in [0.4, 0.5) is 11.4 Å². The number of nitrogens with one attached hydrogen (secondary N) is 1. The number of nitrogens with zero attached hydrogens (tertiary/aromatic N) is 1. The smallest absolute Gasteiger partial charge is 0.229 e. The quantitative estimate of drug-likeness (QED) is 0.810. The van der Waals surface area contributed by atoms with E-state index in [9.17, 15) is 14.7 Å². The van der Waals surface area contributed by atoms with E-state index in [1.54, 1.807) is 23.1 Å². The molecule has 1 atom stereocenters. The molecule has 1 fully saturated rings. The fourth-order valence-electron chi connectivity index (χ4n) is 2.60. The van der Waals surface area contributed by atoms with Crippen molar-refractivity contribution in [3.8, 4) is 5.75 Å². The molecule has 0 spiro atoms. The Morgan fingerprint density at radius 1 is 1.17 bits per heavy atom. The Labute approximate surface area is 142 Å². The Kier molecular flexibility index (Phi) is 4.34. The number of phenolic OH excluding ortho intramolecular Hbond substituents is 1. The van der Waals surface area contributed by atoms with Crippen LogP contribution < -0.4 is 10.2 Å². The van der Waals surface area contributed by atoms with E-state index in [4.69, 9.17) is 0 Å². The summed E-state index contributed by atoms with van der Waals surface area (Å²) in [5.74, 6) is -0.800. The molecule has 0 bridgehead atoms. The molecule has 0 saturated carbocycles. The van der Waals surface area contributed by atoms with Crippen LogP contribution in [0.1, 0.15) is 6.42 Å². The number of phenols is 1. The van der Waals surface area contributed by atoms with E-state index < -0.39 is 5.92 Å². The third-order valence-corrected chi connectivity index (χ3v) is 4.47. The normalized spacial score (nSPS) is 17.3. The number of halogens is 1. The molecule has 2 aromatic rings. The minimum absolute atomic E-state index is 0.00725. The Bertz CT molecular complexity index is 763. The van der Waals surface area contributed by atoms with Crippen LogP contribution >= 0.6 is 15.9 Å². The number of aromatic hydroxyl groups is 1. The van der Waals surface area contributed by atoms with Crippen molar-refractivity contribution in [3.63, 3.8) is 0 Å². The Morgan fingerprint density at radius 3 is 2.61 bits per heavy atom. The molecule has 6 heteroatoms. The van der Waals surface area contributed by atoms with Crippen molar-refractivity contribution in [1.29, 1.82) is 0 Å². The van der Waals surface area contributed by atoms with Crippen LogP contribution in [0.25, 0.3) is 0 Å². The molecule has 1 aliphatic rings. The van der Waals surface area contributed by atoms with Crippen LogP contribution in [0.5, 0.6) is 5.75 Å². The van der Waals surface area contributed by atoms with Gasteiger partial charge in [0.25, 0.3) is 0 Å². The zero-order valence-corrected chi connectivity index (χ0v) is 13.8. The SMILES string of the molecule is O=C(Nc1ccccc1O)C1CC(=O)N(c2ccccc2Br)C1. The van der Waals surface area contributed by atoms with E-state index in [-0.39, 0.29) is 24.0 Å². The topological polar surface area (TPSA) is 69.6 Å². The second-order valence-electron chi connectivity index (χ2n) is 5.36. The standard InChI is InChI=1S/C17H15BrN2O3/c18-12-5-1-3-7-14(12)20-10-11(9-16(20)22)17(23)19-13-6-2-4-8-15(13)21/h1-8,11,21H,9-10H2,(H,19,23). The number of anilines is 2. The van der Waals surface area contributed by atoms with Crippen molar-refractivity contribution in [2.45, 2.75) is 6.42 Å². The molecule has 0 aromatic heterocycles. The highest BCUT2D eigenvalue weighted by Crippen LogP contribution is 2.32. The van der Waals surface area contributed by atoms with Crippen molar-refractivity contribution in [1.82, 2.24) is 0 Å². The monoisotopic (exact) mass is 374 g/mol. The Balaban J connectivity index is 1.74. The van der Waals surface area contributed by atoms with E-state index in [1.165, 1.54) is 6.07 Å². The fraction of sp³-hybridized carbons (Fsp3) is 0.176. The maximum absolute atomic E-state index is 12.4. The summed E-state index contributed by atoms with van der Waals surface area (Å²) in [6, 6.07) is 13.9. The zero-order valence-electron chi connectivity index (χ0n) is 12.2. The maximum Gasteiger partial charge on any atom is 0.229 e. The first-order valence-electron chi connectivity index (χ1n) is 7.20. The molecule has 2 amide bonds. The maximum atomic E-state index is 12.4. The van der Waals surface area contributed by atoms with Crippen molar-refractivity contribution in [2.24, 2.45) is 5.92 Å². The number of carbonyl (C=O) groups excluding carboxylic acids is 2. The highest BCUT2D eigenvalue weighted by Gasteiger charge is 2.35. The Morgan fingerprint density at radius 2 is 1.87 bits per heavy atom. The average molecular weight is 375 g/mol. The number of para-hydroxylation sites is 3. The molecule has 0 radical (unpaired) electrons. The van der Waals surface area contributed by atoms with Gasteiger partial charge in [-0.05, 0) is 40.2 Å². The minimum Gasteiger partial charge on any atom is -0.506 e. The molecule has 2 N–H and O–H groups in total. The molecule has 3 rings (SSSR count). The van der Waals surface area contributed by atoms with Gasteiger partial charge in [0.2, 0.25) is 11.8 Å². The van der Waals surface area contributed by atoms with Gasteiger partial charge in [-0.2, -0.15) is 0 Å². The highest BCUT2D eigenvalue weighted by atomic mass is 79.9. The summed E-state index contributed by atoms with van der Waals surface area (Å²) in [6.07, 6.45) is 0.154. The summed E-state index contributed by atoms with van der Waals surface area (Å²) in [5, 5.41) is 12.4. The summed E-state index contributed by atoms with van der Waals surface area (Å²) in [4.78, 5) is 26.2. The molecule has 23 heavy (non-hydrogen) atoms. The van der Waals surface area contributed by atoms with Crippen LogP contribution in [0.3, 0.4) is 0 Å². The number of hydrogen-bond acceptors (Lipinski definition) is 3. The van der Waals surface area contributed by atoms with Gasteiger partial charge in [-0.1, -0.05) is 24.3 Å². The molecular formula is C17H15BrN2O3. The molecular weight excluding hydrogens is 360 g/mol. The van der Waals surface area contributed by atoms with Crippen LogP contribution in [0, 0.1) is 5.92 Å². The van der Waals surface area contributed by atoms with Gasteiger partial charge >= 0.3 is 0 Å². The van der Waals surface area contributed by atoms with Gasteiger partial charge in [-0.15, -0.1) is 0 Å². The van der Waals surface area contributed by atoms with Crippen LogP contribution in [-0.2, 0) is 9.59 Å². The van der Waals surface area contributed by atoms with Crippen molar-refractivity contribution < 1.29 is 14.7 Å². The number of hydrogen-bond donors (Lipinski definition) is 2.